The molecule has 2 aromatic carbocycles. The average molecular weight is 355 g/mol. The number of nitrogens with zero attached hydrogens (tertiary/aromatic N) is 1. The van der Waals surface area contributed by atoms with E-state index in [1.165, 1.54) is 18.2 Å². The number of hydrogen-bond donors (Lipinski definition) is 0. The fraction of sp³-hybridized carbons (Fsp3) is 0.409. The first kappa shape index (κ1) is 20.1. The molecule has 2 atom stereocenters. The van der Waals surface area contributed by atoms with Gasteiger partial charge in [-0.05, 0) is 31.4 Å². The van der Waals surface area contributed by atoms with E-state index >= 15 is 0 Å². The molecule has 0 radical (unpaired) electrons. The van der Waals surface area contributed by atoms with Gasteiger partial charge < -0.3 is 4.90 Å². The highest BCUT2D eigenvalue weighted by Crippen LogP contribution is 2.17. The van der Waals surface area contributed by atoms with Crippen LogP contribution in [0.25, 0.3) is 0 Å². The van der Waals surface area contributed by atoms with Crippen molar-refractivity contribution in [3.05, 3.63) is 71.3 Å². The molecular weight excluding hydrogens is 326 g/mol. The van der Waals surface area contributed by atoms with E-state index in [0.717, 1.165) is 12.0 Å². The van der Waals surface area contributed by atoms with Crippen LogP contribution in [0.5, 0.6) is 0 Å². The molecule has 2 rings (SSSR count). The molecule has 0 spiro atoms. The SMILES string of the molecule is COOCC(C)N(Cc1ccccc1)C(=O)C(C)Cc1cccc(C)c1. The maximum atomic E-state index is 13.2. The number of hydrogen-bond acceptors (Lipinski definition) is 3. The van der Waals surface area contributed by atoms with Crippen molar-refractivity contribution in [1.29, 1.82) is 0 Å². The Morgan fingerprint density at radius 2 is 1.73 bits per heavy atom. The number of benzene rings is 2. The van der Waals surface area contributed by atoms with E-state index in [4.69, 9.17) is 9.78 Å². The summed E-state index contributed by atoms with van der Waals surface area (Å²) in [6.07, 6.45) is 0.726. The number of amides is 1. The van der Waals surface area contributed by atoms with Crippen LogP contribution < -0.4 is 0 Å². The number of aryl methyl sites for hydroxylation is 1. The Morgan fingerprint density at radius 1 is 1.04 bits per heavy atom. The van der Waals surface area contributed by atoms with Gasteiger partial charge in [-0.3, -0.25) is 4.79 Å². The zero-order valence-electron chi connectivity index (χ0n) is 16.1. The van der Waals surface area contributed by atoms with Crippen molar-refractivity contribution in [2.45, 2.75) is 39.8 Å². The Balaban J connectivity index is 2.12. The Labute approximate surface area is 156 Å². The lowest BCUT2D eigenvalue weighted by Crippen LogP contribution is -2.43. The molecule has 0 aromatic heterocycles. The maximum Gasteiger partial charge on any atom is 0.226 e. The standard InChI is InChI=1S/C22H29NO3/c1-17-9-8-12-21(13-17)14-18(2)22(24)23(19(3)16-26-25-4)15-20-10-6-5-7-11-20/h5-13,18-19H,14-16H2,1-4H3. The zero-order chi connectivity index (χ0) is 18.9. The average Bonchev–Trinajstić information content (AvgIpc) is 2.64. The summed E-state index contributed by atoms with van der Waals surface area (Å²) in [5.41, 5.74) is 3.50. The van der Waals surface area contributed by atoms with E-state index in [1.54, 1.807) is 0 Å². The second-order valence-corrected chi connectivity index (χ2v) is 6.85. The minimum Gasteiger partial charge on any atom is -0.333 e. The summed E-state index contributed by atoms with van der Waals surface area (Å²) < 4.78 is 0. The molecule has 0 fully saturated rings. The lowest BCUT2D eigenvalue weighted by atomic mass is 9.97. The van der Waals surface area contributed by atoms with Gasteiger partial charge in [-0.2, -0.15) is 0 Å². The zero-order valence-corrected chi connectivity index (χ0v) is 16.1. The number of carbonyl (C=O) groups excluding carboxylic acids is 1. The summed E-state index contributed by atoms with van der Waals surface area (Å²) in [5, 5.41) is 0. The van der Waals surface area contributed by atoms with Crippen molar-refractivity contribution in [1.82, 2.24) is 4.90 Å². The van der Waals surface area contributed by atoms with Crippen molar-refractivity contribution >= 4 is 5.91 Å². The van der Waals surface area contributed by atoms with Crippen LogP contribution in [0.2, 0.25) is 0 Å². The first-order chi connectivity index (χ1) is 12.5. The van der Waals surface area contributed by atoms with Crippen LogP contribution in [0.1, 0.15) is 30.5 Å². The van der Waals surface area contributed by atoms with Crippen molar-refractivity contribution < 1.29 is 14.6 Å². The van der Waals surface area contributed by atoms with Crippen molar-refractivity contribution in [3.8, 4) is 0 Å². The Bertz CT molecular complexity index is 687. The lowest BCUT2D eigenvalue weighted by molar-refractivity contribution is -0.279. The predicted octanol–water partition coefficient (Wildman–Crippen LogP) is 4.17. The first-order valence-corrected chi connectivity index (χ1v) is 9.06. The van der Waals surface area contributed by atoms with E-state index in [9.17, 15) is 4.79 Å². The summed E-state index contributed by atoms with van der Waals surface area (Å²) in [7, 11) is 1.48. The normalized spacial score (nSPS) is 13.2. The van der Waals surface area contributed by atoms with Gasteiger partial charge in [0.25, 0.3) is 0 Å². The highest BCUT2D eigenvalue weighted by Gasteiger charge is 2.25. The quantitative estimate of drug-likeness (QED) is 0.501. The Hall–Kier alpha value is -2.17. The van der Waals surface area contributed by atoms with E-state index < -0.39 is 0 Å². The number of carbonyl (C=O) groups is 1. The summed E-state index contributed by atoms with van der Waals surface area (Å²) in [6, 6.07) is 18.3. The van der Waals surface area contributed by atoms with Crippen LogP contribution in [0, 0.1) is 12.8 Å². The molecule has 0 N–H and O–H groups in total. The molecule has 2 unspecified atom stereocenters. The summed E-state index contributed by atoms with van der Waals surface area (Å²) in [5.74, 6) is 0.0214. The molecule has 4 heteroatoms. The number of rotatable bonds is 9. The minimum absolute atomic E-state index is 0.0809. The third-order valence-corrected chi connectivity index (χ3v) is 4.48. The molecular formula is C22H29NO3. The molecule has 0 aliphatic rings. The lowest BCUT2D eigenvalue weighted by Gasteiger charge is -2.31. The van der Waals surface area contributed by atoms with Gasteiger partial charge in [-0.25, -0.2) is 9.78 Å². The molecule has 4 nitrogen and oxygen atoms in total. The van der Waals surface area contributed by atoms with Crippen LogP contribution in [-0.4, -0.2) is 30.6 Å². The highest BCUT2D eigenvalue weighted by atomic mass is 17.2. The Kier molecular flexibility index (Phi) is 7.82. The molecule has 0 aliphatic heterocycles. The van der Waals surface area contributed by atoms with Crippen molar-refractivity contribution in [2.24, 2.45) is 5.92 Å². The predicted molar refractivity (Wildman–Crippen MR) is 103 cm³/mol. The fourth-order valence-corrected chi connectivity index (χ4v) is 3.05. The van der Waals surface area contributed by atoms with Crippen LogP contribution in [0.3, 0.4) is 0 Å². The fourth-order valence-electron chi connectivity index (χ4n) is 3.05. The van der Waals surface area contributed by atoms with Gasteiger partial charge in [0.15, 0.2) is 0 Å². The van der Waals surface area contributed by atoms with Gasteiger partial charge >= 0.3 is 0 Å². The van der Waals surface area contributed by atoms with E-state index in [0.29, 0.717) is 13.2 Å². The van der Waals surface area contributed by atoms with Crippen LogP contribution in [0.15, 0.2) is 54.6 Å². The second-order valence-electron chi connectivity index (χ2n) is 6.85. The van der Waals surface area contributed by atoms with Gasteiger partial charge in [-0.1, -0.05) is 67.1 Å². The van der Waals surface area contributed by atoms with E-state index in [-0.39, 0.29) is 17.9 Å². The topological polar surface area (TPSA) is 38.8 Å². The van der Waals surface area contributed by atoms with Crippen LogP contribution in [0.4, 0.5) is 0 Å². The third kappa shape index (κ3) is 5.97. The smallest absolute Gasteiger partial charge is 0.226 e. The summed E-state index contributed by atoms with van der Waals surface area (Å²) in [4.78, 5) is 24.9. The largest absolute Gasteiger partial charge is 0.333 e. The second kappa shape index (κ2) is 10.1. The molecule has 2 aromatic rings. The van der Waals surface area contributed by atoms with E-state index in [1.807, 2.05) is 55.1 Å². The van der Waals surface area contributed by atoms with Gasteiger partial charge in [0, 0.05) is 12.5 Å². The Morgan fingerprint density at radius 3 is 2.38 bits per heavy atom. The van der Waals surface area contributed by atoms with Crippen molar-refractivity contribution in [3.63, 3.8) is 0 Å². The maximum absolute atomic E-state index is 13.2. The molecule has 140 valence electrons. The third-order valence-electron chi connectivity index (χ3n) is 4.48. The molecule has 0 aliphatic carbocycles. The molecule has 0 saturated carbocycles. The molecule has 0 heterocycles. The molecule has 26 heavy (non-hydrogen) atoms. The van der Waals surface area contributed by atoms with E-state index in [2.05, 4.69) is 25.1 Å². The van der Waals surface area contributed by atoms with Crippen LogP contribution in [-0.2, 0) is 27.5 Å². The summed E-state index contributed by atoms with van der Waals surface area (Å²) >= 11 is 0. The van der Waals surface area contributed by atoms with Crippen LogP contribution >= 0.6 is 0 Å². The molecule has 1 amide bonds. The first-order valence-electron chi connectivity index (χ1n) is 9.06. The molecule has 0 bridgehead atoms. The summed E-state index contributed by atoms with van der Waals surface area (Å²) in [6.45, 7) is 6.95. The van der Waals surface area contributed by atoms with Gasteiger partial charge in [0.1, 0.15) is 6.61 Å². The minimum atomic E-state index is -0.106. The highest BCUT2D eigenvalue weighted by molar-refractivity contribution is 5.79. The molecule has 0 saturated heterocycles. The van der Waals surface area contributed by atoms with Gasteiger partial charge in [0.05, 0.1) is 13.2 Å². The monoisotopic (exact) mass is 355 g/mol. The van der Waals surface area contributed by atoms with Gasteiger partial charge in [-0.15, -0.1) is 0 Å². The van der Waals surface area contributed by atoms with Gasteiger partial charge in [0.2, 0.25) is 5.91 Å². The van der Waals surface area contributed by atoms with Crippen molar-refractivity contribution in [2.75, 3.05) is 13.7 Å².